The van der Waals surface area contributed by atoms with E-state index in [0.717, 1.165) is 0 Å². The molecule has 0 aliphatic rings. The fourth-order valence-corrected chi connectivity index (χ4v) is 1.40. The highest BCUT2D eigenvalue weighted by molar-refractivity contribution is 5.81. The van der Waals surface area contributed by atoms with Gasteiger partial charge >= 0.3 is 0 Å². The smallest absolute Gasteiger partial charge is 0.228 e. The second kappa shape index (κ2) is 10.5. The van der Waals surface area contributed by atoms with Crippen LogP contribution in [0.4, 0.5) is 0 Å². The van der Waals surface area contributed by atoms with Gasteiger partial charge in [-0.05, 0) is 27.7 Å². The number of ether oxygens (including phenoxy) is 2. The van der Waals surface area contributed by atoms with Crippen LogP contribution in [0, 0.1) is 5.41 Å². The summed E-state index contributed by atoms with van der Waals surface area (Å²) in [7, 11) is 0. The Labute approximate surface area is 126 Å². The Morgan fingerprint density at radius 1 is 0.905 bits per heavy atom. The summed E-state index contributed by atoms with van der Waals surface area (Å²) in [6.07, 6.45) is 0.755. The number of carbonyl (C=O) groups excluding carboxylic acids is 3. The van der Waals surface area contributed by atoms with Crippen LogP contribution in [0.1, 0.15) is 40.5 Å². The number of ketones is 2. The summed E-state index contributed by atoms with van der Waals surface area (Å²) < 4.78 is 10.6. The molecular weight excluding hydrogens is 274 g/mol. The maximum absolute atomic E-state index is 12.0. The number of nitrogens with one attached hydrogen (secondary N) is 1. The first-order valence-electron chi connectivity index (χ1n) is 7.18. The quantitative estimate of drug-likeness (QED) is 0.546. The Balaban J connectivity index is 3.76. The normalized spacial score (nSPS) is 11.2. The maximum Gasteiger partial charge on any atom is 0.228 e. The number of carbonyl (C=O) groups is 3. The van der Waals surface area contributed by atoms with Gasteiger partial charge in [0.25, 0.3) is 0 Å². The molecule has 0 spiro atoms. The molecule has 0 atom stereocenters. The minimum absolute atomic E-state index is 0.0694. The summed E-state index contributed by atoms with van der Waals surface area (Å²) in [5.41, 5.74) is -0.657. The van der Waals surface area contributed by atoms with Crippen LogP contribution < -0.4 is 5.32 Å². The highest BCUT2D eigenvalue weighted by atomic mass is 16.5. The van der Waals surface area contributed by atoms with Crippen molar-refractivity contribution in [3.8, 4) is 0 Å². The van der Waals surface area contributed by atoms with Gasteiger partial charge in [-0.3, -0.25) is 14.4 Å². The molecule has 0 aromatic rings. The Kier molecular flexibility index (Phi) is 9.82. The van der Waals surface area contributed by atoms with E-state index in [4.69, 9.17) is 9.47 Å². The molecule has 0 saturated heterocycles. The highest BCUT2D eigenvalue weighted by Gasteiger charge is 2.27. The van der Waals surface area contributed by atoms with E-state index in [1.807, 2.05) is 0 Å². The first-order chi connectivity index (χ1) is 9.75. The molecule has 1 amide bonds. The van der Waals surface area contributed by atoms with Crippen LogP contribution in [0.5, 0.6) is 0 Å². The summed E-state index contributed by atoms with van der Waals surface area (Å²) in [6.45, 7) is 8.33. The van der Waals surface area contributed by atoms with Crippen molar-refractivity contribution < 1.29 is 23.9 Å². The third-order valence-corrected chi connectivity index (χ3v) is 2.81. The van der Waals surface area contributed by atoms with E-state index < -0.39 is 5.41 Å². The van der Waals surface area contributed by atoms with Crippen LogP contribution in [0.15, 0.2) is 0 Å². The molecule has 21 heavy (non-hydrogen) atoms. The van der Waals surface area contributed by atoms with Gasteiger partial charge in [0.1, 0.15) is 11.6 Å². The van der Waals surface area contributed by atoms with E-state index in [1.165, 1.54) is 13.8 Å². The van der Waals surface area contributed by atoms with Crippen molar-refractivity contribution in [3.63, 3.8) is 0 Å². The molecule has 0 unspecified atom stereocenters. The van der Waals surface area contributed by atoms with Crippen molar-refractivity contribution in [3.05, 3.63) is 0 Å². The van der Waals surface area contributed by atoms with Gasteiger partial charge in [-0.15, -0.1) is 0 Å². The lowest BCUT2D eigenvalue weighted by Crippen LogP contribution is -2.41. The van der Waals surface area contributed by atoms with E-state index in [2.05, 4.69) is 5.32 Å². The third kappa shape index (κ3) is 11.1. The molecule has 0 aliphatic heterocycles. The molecule has 0 aromatic heterocycles. The van der Waals surface area contributed by atoms with Gasteiger partial charge in [0, 0.05) is 19.4 Å². The zero-order chi connectivity index (χ0) is 16.3. The molecule has 6 heteroatoms. The molecule has 0 radical (unpaired) electrons. The van der Waals surface area contributed by atoms with Gasteiger partial charge in [0.15, 0.2) is 0 Å². The van der Waals surface area contributed by atoms with Crippen LogP contribution in [0.2, 0.25) is 0 Å². The van der Waals surface area contributed by atoms with Gasteiger partial charge in [-0.2, -0.15) is 0 Å². The molecule has 0 heterocycles. The molecule has 0 saturated carbocycles. The first kappa shape index (κ1) is 19.7. The number of amides is 1. The van der Waals surface area contributed by atoms with E-state index in [9.17, 15) is 14.4 Å². The zero-order valence-electron chi connectivity index (χ0n) is 13.5. The number of Topliss-reactive ketones (excluding diaryl/α,β-unsaturated/α-hetero) is 2. The van der Waals surface area contributed by atoms with E-state index in [0.29, 0.717) is 39.2 Å². The summed E-state index contributed by atoms with van der Waals surface area (Å²) >= 11 is 0. The van der Waals surface area contributed by atoms with Crippen molar-refractivity contribution in [2.24, 2.45) is 5.41 Å². The second-order valence-electron chi connectivity index (χ2n) is 5.71. The number of hydrogen-bond donors (Lipinski definition) is 1. The SMILES string of the molecule is CC(=O)CCOCCNC(=O)C(C)(C)COCCC(C)=O. The second-order valence-corrected chi connectivity index (χ2v) is 5.71. The summed E-state index contributed by atoms with van der Waals surface area (Å²) in [5.74, 6) is 0.0309. The Bertz CT molecular complexity index is 352. The maximum atomic E-state index is 12.0. The largest absolute Gasteiger partial charge is 0.380 e. The average molecular weight is 301 g/mol. The molecule has 0 aromatic carbocycles. The van der Waals surface area contributed by atoms with Crippen LogP contribution in [-0.4, -0.2) is 50.4 Å². The lowest BCUT2D eigenvalue weighted by molar-refractivity contribution is -0.133. The predicted molar refractivity (Wildman–Crippen MR) is 79.0 cm³/mol. The van der Waals surface area contributed by atoms with Crippen LogP contribution in [-0.2, 0) is 23.9 Å². The van der Waals surface area contributed by atoms with Gasteiger partial charge in [0.05, 0.1) is 31.8 Å². The minimum Gasteiger partial charge on any atom is -0.380 e. The fourth-order valence-electron chi connectivity index (χ4n) is 1.40. The van der Waals surface area contributed by atoms with Gasteiger partial charge in [-0.1, -0.05) is 0 Å². The predicted octanol–water partition coefficient (Wildman–Crippen LogP) is 1.12. The summed E-state index contributed by atoms with van der Waals surface area (Å²) in [5, 5.41) is 2.76. The Morgan fingerprint density at radius 2 is 1.43 bits per heavy atom. The van der Waals surface area contributed by atoms with E-state index in [-0.39, 0.29) is 24.1 Å². The zero-order valence-corrected chi connectivity index (χ0v) is 13.5. The first-order valence-corrected chi connectivity index (χ1v) is 7.18. The molecule has 0 rings (SSSR count). The number of hydrogen-bond acceptors (Lipinski definition) is 5. The van der Waals surface area contributed by atoms with Crippen molar-refractivity contribution in [2.75, 3.05) is 33.0 Å². The Morgan fingerprint density at radius 3 is 1.95 bits per heavy atom. The molecule has 6 nitrogen and oxygen atoms in total. The molecule has 0 aliphatic carbocycles. The van der Waals surface area contributed by atoms with E-state index in [1.54, 1.807) is 13.8 Å². The molecule has 1 N–H and O–H groups in total. The van der Waals surface area contributed by atoms with Crippen LogP contribution in [0.25, 0.3) is 0 Å². The van der Waals surface area contributed by atoms with Crippen LogP contribution >= 0.6 is 0 Å². The molecular formula is C15H27NO5. The third-order valence-electron chi connectivity index (χ3n) is 2.81. The van der Waals surface area contributed by atoms with Crippen molar-refractivity contribution >= 4 is 17.5 Å². The topological polar surface area (TPSA) is 81.7 Å². The summed E-state index contributed by atoms with van der Waals surface area (Å²) in [4.78, 5) is 33.4. The van der Waals surface area contributed by atoms with Crippen molar-refractivity contribution in [2.45, 2.75) is 40.5 Å². The molecule has 0 fully saturated rings. The molecule has 0 bridgehead atoms. The standard InChI is InChI=1S/C15H27NO5/c1-12(17)5-8-20-10-7-16-14(19)15(3,4)11-21-9-6-13(2)18/h5-11H2,1-4H3,(H,16,19). The lowest BCUT2D eigenvalue weighted by atomic mass is 9.93. The monoisotopic (exact) mass is 301 g/mol. The Hall–Kier alpha value is -1.27. The van der Waals surface area contributed by atoms with Gasteiger partial charge in [-0.25, -0.2) is 0 Å². The van der Waals surface area contributed by atoms with Crippen molar-refractivity contribution in [1.29, 1.82) is 0 Å². The lowest BCUT2D eigenvalue weighted by Gasteiger charge is -2.23. The fraction of sp³-hybridized carbons (Fsp3) is 0.800. The number of rotatable bonds is 12. The van der Waals surface area contributed by atoms with Crippen molar-refractivity contribution in [1.82, 2.24) is 5.32 Å². The van der Waals surface area contributed by atoms with E-state index >= 15 is 0 Å². The van der Waals surface area contributed by atoms with Gasteiger partial charge in [0.2, 0.25) is 5.91 Å². The average Bonchev–Trinajstić information content (AvgIpc) is 2.38. The molecule has 122 valence electrons. The summed E-state index contributed by atoms with van der Waals surface area (Å²) in [6, 6.07) is 0. The van der Waals surface area contributed by atoms with Gasteiger partial charge < -0.3 is 14.8 Å². The van der Waals surface area contributed by atoms with Crippen LogP contribution in [0.3, 0.4) is 0 Å². The highest BCUT2D eigenvalue weighted by Crippen LogP contribution is 2.15. The minimum atomic E-state index is -0.657.